The highest BCUT2D eigenvalue weighted by atomic mass is 79.9. The summed E-state index contributed by atoms with van der Waals surface area (Å²) in [7, 11) is 0. The number of nitrogens with one attached hydrogen (secondary N) is 1. The fourth-order valence-corrected chi connectivity index (χ4v) is 2.45. The topological polar surface area (TPSA) is 29.1 Å². The van der Waals surface area contributed by atoms with Crippen LogP contribution in [0.15, 0.2) is 34.8 Å². The first-order chi connectivity index (χ1) is 9.40. The molecule has 1 amide bonds. The Balaban J connectivity index is 2.33. The van der Waals surface area contributed by atoms with Crippen molar-refractivity contribution in [3.8, 4) is 0 Å². The smallest absolute Gasteiger partial charge is 0.258 e. The van der Waals surface area contributed by atoms with Gasteiger partial charge in [-0.3, -0.25) is 4.79 Å². The summed E-state index contributed by atoms with van der Waals surface area (Å²) in [6, 6.07) is 7.55. The fraction of sp³-hybridized carbons (Fsp3) is 0.0714. The number of carbonyl (C=O) groups is 1. The third kappa shape index (κ3) is 3.14. The highest BCUT2D eigenvalue weighted by molar-refractivity contribution is 9.10. The molecule has 0 aromatic heterocycles. The number of carbonyl (C=O) groups excluding carboxylic acids is 1. The van der Waals surface area contributed by atoms with Crippen molar-refractivity contribution in [1.29, 1.82) is 0 Å². The zero-order valence-electron chi connectivity index (χ0n) is 10.3. The summed E-state index contributed by atoms with van der Waals surface area (Å²) in [5.74, 6) is -1.17. The zero-order valence-corrected chi connectivity index (χ0v) is 13.4. The number of anilines is 1. The van der Waals surface area contributed by atoms with Crippen molar-refractivity contribution in [3.63, 3.8) is 0 Å². The molecule has 2 aromatic carbocycles. The minimum atomic E-state index is -0.590. The van der Waals surface area contributed by atoms with E-state index in [-0.39, 0.29) is 15.6 Å². The van der Waals surface area contributed by atoms with Gasteiger partial charge in [0.1, 0.15) is 5.82 Å². The van der Waals surface area contributed by atoms with Gasteiger partial charge in [0.2, 0.25) is 0 Å². The van der Waals surface area contributed by atoms with E-state index in [1.165, 1.54) is 12.1 Å². The quantitative estimate of drug-likeness (QED) is 0.693. The average Bonchev–Trinajstić information content (AvgIpc) is 2.42. The van der Waals surface area contributed by atoms with Crippen LogP contribution in [0.25, 0.3) is 0 Å². The van der Waals surface area contributed by atoms with Crippen molar-refractivity contribution in [2.24, 2.45) is 0 Å². The molecule has 0 unspecified atom stereocenters. The molecule has 1 N–H and O–H groups in total. The SMILES string of the molecule is Cc1ccc(F)c(C(=O)Nc2ccc(Br)c(Cl)c2Cl)c1. The molecule has 0 radical (unpaired) electrons. The van der Waals surface area contributed by atoms with E-state index in [9.17, 15) is 9.18 Å². The Kier molecular flexibility index (Phi) is 4.68. The Labute approximate surface area is 134 Å². The van der Waals surface area contributed by atoms with E-state index in [0.29, 0.717) is 10.2 Å². The van der Waals surface area contributed by atoms with E-state index in [0.717, 1.165) is 5.56 Å². The van der Waals surface area contributed by atoms with Gasteiger partial charge in [0.05, 0.1) is 21.3 Å². The Bertz CT molecular complexity index is 691. The molecule has 2 nitrogen and oxygen atoms in total. The van der Waals surface area contributed by atoms with Crippen molar-refractivity contribution in [1.82, 2.24) is 0 Å². The maximum absolute atomic E-state index is 13.6. The number of hydrogen-bond acceptors (Lipinski definition) is 1. The predicted molar refractivity (Wildman–Crippen MR) is 83.3 cm³/mol. The normalized spacial score (nSPS) is 10.4. The van der Waals surface area contributed by atoms with Crippen LogP contribution < -0.4 is 5.32 Å². The monoisotopic (exact) mass is 375 g/mol. The van der Waals surface area contributed by atoms with Crippen molar-refractivity contribution in [2.75, 3.05) is 5.32 Å². The molecule has 104 valence electrons. The molecule has 6 heteroatoms. The Hall–Kier alpha value is -1.10. The van der Waals surface area contributed by atoms with Crippen molar-refractivity contribution < 1.29 is 9.18 Å². The highest BCUT2D eigenvalue weighted by Crippen LogP contribution is 2.36. The van der Waals surface area contributed by atoms with Gasteiger partial charge in [0, 0.05) is 4.47 Å². The summed E-state index contributed by atoms with van der Waals surface area (Å²) in [6.07, 6.45) is 0. The second-order valence-electron chi connectivity index (χ2n) is 4.16. The summed E-state index contributed by atoms with van der Waals surface area (Å²) in [6.45, 7) is 1.78. The summed E-state index contributed by atoms with van der Waals surface area (Å²) in [4.78, 5) is 12.1. The lowest BCUT2D eigenvalue weighted by molar-refractivity contribution is 0.102. The van der Waals surface area contributed by atoms with Gasteiger partial charge in [-0.2, -0.15) is 0 Å². The number of benzene rings is 2. The molecule has 0 bridgehead atoms. The first kappa shape index (κ1) is 15.3. The summed E-state index contributed by atoms with van der Waals surface area (Å²) in [5.41, 5.74) is 1.07. The lowest BCUT2D eigenvalue weighted by atomic mass is 10.1. The molecule has 0 aliphatic rings. The first-order valence-electron chi connectivity index (χ1n) is 5.61. The molecular formula is C14H9BrCl2FNO. The summed E-state index contributed by atoms with van der Waals surface area (Å²) >= 11 is 15.2. The molecule has 20 heavy (non-hydrogen) atoms. The number of aryl methyl sites for hydroxylation is 1. The van der Waals surface area contributed by atoms with Gasteiger partial charge in [-0.05, 0) is 47.1 Å². The second-order valence-corrected chi connectivity index (χ2v) is 5.77. The van der Waals surface area contributed by atoms with Gasteiger partial charge < -0.3 is 5.32 Å². The van der Waals surface area contributed by atoms with Gasteiger partial charge in [-0.15, -0.1) is 0 Å². The van der Waals surface area contributed by atoms with Gasteiger partial charge in [-0.25, -0.2) is 4.39 Å². The third-order valence-corrected chi connectivity index (χ3v) is 4.42. The molecule has 0 saturated carbocycles. The van der Waals surface area contributed by atoms with Crippen molar-refractivity contribution >= 4 is 50.7 Å². The fourth-order valence-electron chi connectivity index (χ4n) is 1.63. The van der Waals surface area contributed by atoms with Crippen LogP contribution in [0.5, 0.6) is 0 Å². The van der Waals surface area contributed by atoms with E-state index in [1.807, 2.05) is 0 Å². The standard InChI is InChI=1S/C14H9BrCl2FNO/c1-7-2-4-10(18)8(6-7)14(20)19-11-5-3-9(15)12(16)13(11)17/h2-6H,1H3,(H,19,20). The zero-order chi connectivity index (χ0) is 14.9. The molecule has 0 aliphatic heterocycles. The maximum atomic E-state index is 13.6. The van der Waals surface area contributed by atoms with Crippen LogP contribution >= 0.6 is 39.1 Å². The molecule has 0 saturated heterocycles. The Morgan fingerprint density at radius 2 is 1.90 bits per heavy atom. The van der Waals surface area contributed by atoms with Gasteiger partial charge in [-0.1, -0.05) is 34.8 Å². The highest BCUT2D eigenvalue weighted by Gasteiger charge is 2.15. The minimum Gasteiger partial charge on any atom is -0.320 e. The van der Waals surface area contributed by atoms with Gasteiger partial charge >= 0.3 is 0 Å². The van der Waals surface area contributed by atoms with E-state index in [4.69, 9.17) is 23.2 Å². The van der Waals surface area contributed by atoms with E-state index < -0.39 is 11.7 Å². The molecule has 2 rings (SSSR count). The van der Waals surface area contributed by atoms with Crippen LogP contribution in [0.3, 0.4) is 0 Å². The van der Waals surface area contributed by atoms with Crippen LogP contribution in [0, 0.1) is 12.7 Å². The van der Waals surface area contributed by atoms with Gasteiger partial charge in [0.15, 0.2) is 0 Å². The lowest BCUT2D eigenvalue weighted by Crippen LogP contribution is -2.14. The molecule has 0 aliphatic carbocycles. The number of rotatable bonds is 2. The summed E-state index contributed by atoms with van der Waals surface area (Å²) in [5, 5.41) is 3.03. The second kappa shape index (κ2) is 6.12. The number of halogens is 4. The summed E-state index contributed by atoms with van der Waals surface area (Å²) < 4.78 is 14.3. The minimum absolute atomic E-state index is 0.0416. The van der Waals surface area contributed by atoms with Crippen LogP contribution in [-0.4, -0.2) is 5.91 Å². The van der Waals surface area contributed by atoms with E-state index >= 15 is 0 Å². The van der Waals surface area contributed by atoms with E-state index in [2.05, 4.69) is 21.2 Å². The third-order valence-electron chi connectivity index (χ3n) is 2.65. The molecule has 0 heterocycles. The molecule has 2 aromatic rings. The lowest BCUT2D eigenvalue weighted by Gasteiger charge is -2.10. The molecular weight excluding hydrogens is 368 g/mol. The van der Waals surface area contributed by atoms with Crippen LogP contribution in [-0.2, 0) is 0 Å². The molecule has 0 atom stereocenters. The van der Waals surface area contributed by atoms with Crippen molar-refractivity contribution in [3.05, 3.63) is 61.8 Å². The van der Waals surface area contributed by atoms with Crippen molar-refractivity contribution in [2.45, 2.75) is 6.92 Å². The first-order valence-corrected chi connectivity index (χ1v) is 7.16. The van der Waals surface area contributed by atoms with Gasteiger partial charge in [0.25, 0.3) is 5.91 Å². The Morgan fingerprint density at radius 3 is 2.60 bits per heavy atom. The maximum Gasteiger partial charge on any atom is 0.258 e. The Morgan fingerprint density at radius 1 is 1.20 bits per heavy atom. The number of amides is 1. The largest absolute Gasteiger partial charge is 0.320 e. The van der Waals surface area contributed by atoms with Crippen LogP contribution in [0.1, 0.15) is 15.9 Å². The molecule has 0 spiro atoms. The number of hydrogen-bond donors (Lipinski definition) is 1. The predicted octanol–water partition coefficient (Wildman–Crippen LogP) is 5.46. The van der Waals surface area contributed by atoms with Crippen LogP contribution in [0.4, 0.5) is 10.1 Å². The van der Waals surface area contributed by atoms with Crippen LogP contribution in [0.2, 0.25) is 10.0 Å². The van der Waals surface area contributed by atoms with E-state index in [1.54, 1.807) is 25.1 Å². The average molecular weight is 377 g/mol. The molecule has 0 fully saturated rings.